The average Bonchev–Trinajstić information content (AvgIpc) is 3.31. The van der Waals surface area contributed by atoms with Gasteiger partial charge in [-0.05, 0) is 47.5 Å². The number of aliphatic imine (C=N–C) groups is 1. The lowest BCUT2D eigenvalue weighted by molar-refractivity contribution is 0.174. The topological polar surface area (TPSA) is 81.5 Å². The molecule has 0 bridgehead atoms. The van der Waals surface area contributed by atoms with Crippen molar-refractivity contribution in [1.82, 2.24) is 5.32 Å². The highest BCUT2D eigenvalue weighted by molar-refractivity contribution is 6.02. The van der Waals surface area contributed by atoms with Gasteiger partial charge in [-0.25, -0.2) is 0 Å². The zero-order chi connectivity index (χ0) is 22.1. The summed E-state index contributed by atoms with van der Waals surface area (Å²) in [7, 11) is 3.22. The minimum Gasteiger partial charge on any atom is -0.508 e. The van der Waals surface area contributed by atoms with Crippen LogP contribution in [0.2, 0.25) is 0 Å². The normalized spacial score (nSPS) is 19.4. The zero-order valence-electron chi connectivity index (χ0n) is 17.9. The van der Waals surface area contributed by atoms with Crippen molar-refractivity contribution >= 4 is 5.71 Å². The lowest BCUT2D eigenvalue weighted by Crippen LogP contribution is -2.33. The van der Waals surface area contributed by atoms with E-state index in [1.165, 1.54) is 0 Å². The van der Waals surface area contributed by atoms with Crippen LogP contribution in [0.4, 0.5) is 0 Å². The Balaban J connectivity index is 1.57. The second-order valence-electron chi connectivity index (χ2n) is 7.64. The lowest BCUT2D eigenvalue weighted by atomic mass is 9.93. The number of methoxy groups -OCH3 is 2. The van der Waals surface area contributed by atoms with E-state index < -0.39 is 0 Å². The van der Waals surface area contributed by atoms with Crippen LogP contribution >= 0.6 is 0 Å². The number of fused-ring (bicyclic) bond motifs is 1. The van der Waals surface area contributed by atoms with Crippen molar-refractivity contribution in [3.8, 4) is 28.7 Å². The summed E-state index contributed by atoms with van der Waals surface area (Å²) in [5, 5.41) is 14.1. The van der Waals surface area contributed by atoms with Crippen molar-refractivity contribution in [2.75, 3.05) is 21.0 Å². The average molecular weight is 432 g/mol. The number of phenols is 1. The number of ether oxygens (including phenoxy) is 4. The Morgan fingerprint density at radius 2 is 1.75 bits per heavy atom. The van der Waals surface area contributed by atoms with Gasteiger partial charge in [0, 0.05) is 23.7 Å². The number of aromatic hydroxyl groups is 1. The van der Waals surface area contributed by atoms with Gasteiger partial charge in [0.25, 0.3) is 0 Å². The number of nitrogens with one attached hydrogen (secondary N) is 1. The number of hydrogen-bond acceptors (Lipinski definition) is 7. The van der Waals surface area contributed by atoms with E-state index in [2.05, 4.69) is 5.32 Å². The first-order chi connectivity index (χ1) is 15.7. The number of rotatable bonds is 5. The molecule has 0 radical (unpaired) electrons. The molecular weight excluding hydrogens is 408 g/mol. The second kappa shape index (κ2) is 8.43. The molecule has 0 saturated carbocycles. The first-order valence-electron chi connectivity index (χ1n) is 10.4. The highest BCUT2D eigenvalue weighted by atomic mass is 16.7. The molecule has 3 aromatic rings. The number of nitrogens with zero attached hydrogens (tertiary/aromatic N) is 1. The Bertz CT molecular complexity index is 1180. The van der Waals surface area contributed by atoms with Crippen LogP contribution in [0.5, 0.6) is 28.7 Å². The van der Waals surface area contributed by atoms with Crippen LogP contribution in [-0.4, -0.2) is 31.8 Å². The smallest absolute Gasteiger partial charge is 0.231 e. The van der Waals surface area contributed by atoms with Crippen LogP contribution in [-0.2, 0) is 0 Å². The first kappa shape index (κ1) is 20.2. The maximum atomic E-state index is 10.5. The molecule has 164 valence electrons. The third kappa shape index (κ3) is 3.71. The molecule has 2 aliphatic rings. The van der Waals surface area contributed by atoms with Crippen molar-refractivity contribution in [1.29, 1.82) is 0 Å². The standard InChI is InChI=1S/C25H24N2O5/c1-29-21-9-8-16(12-23(21)30-2)25-26-18(15-7-10-22-24(11-15)32-14-31-22)13-19(27-25)17-5-3-4-6-20(17)28/h3-12,19,25,27-28H,13-14H2,1-2H3/t19-,25+/m1/s1. The summed E-state index contributed by atoms with van der Waals surface area (Å²) in [5.41, 5.74) is 3.63. The summed E-state index contributed by atoms with van der Waals surface area (Å²) < 4.78 is 21.9. The van der Waals surface area contributed by atoms with E-state index in [1.54, 1.807) is 20.3 Å². The monoisotopic (exact) mass is 432 g/mol. The van der Waals surface area contributed by atoms with Gasteiger partial charge in [-0.1, -0.05) is 24.3 Å². The third-order valence-corrected chi connectivity index (χ3v) is 5.78. The van der Waals surface area contributed by atoms with E-state index in [9.17, 15) is 5.11 Å². The van der Waals surface area contributed by atoms with Crippen molar-refractivity contribution in [3.63, 3.8) is 0 Å². The van der Waals surface area contributed by atoms with E-state index >= 15 is 0 Å². The molecule has 2 heterocycles. The molecule has 0 fully saturated rings. The summed E-state index contributed by atoms with van der Waals surface area (Å²) >= 11 is 0. The van der Waals surface area contributed by atoms with Crippen molar-refractivity contribution in [2.45, 2.75) is 18.6 Å². The van der Waals surface area contributed by atoms with Gasteiger partial charge in [-0.3, -0.25) is 10.3 Å². The predicted octanol–water partition coefficient (Wildman–Crippen LogP) is 4.36. The molecule has 2 atom stereocenters. The lowest BCUT2D eigenvalue weighted by Gasteiger charge is -2.31. The number of para-hydroxylation sites is 1. The predicted molar refractivity (Wildman–Crippen MR) is 120 cm³/mol. The molecule has 0 aromatic heterocycles. The Morgan fingerprint density at radius 3 is 2.56 bits per heavy atom. The summed E-state index contributed by atoms with van der Waals surface area (Å²) in [6.45, 7) is 0.224. The van der Waals surface area contributed by atoms with Gasteiger partial charge in [0.15, 0.2) is 23.0 Å². The largest absolute Gasteiger partial charge is 0.508 e. The molecule has 0 amide bonds. The second-order valence-corrected chi connectivity index (χ2v) is 7.64. The molecular formula is C25H24N2O5. The van der Waals surface area contributed by atoms with E-state index in [-0.39, 0.29) is 24.8 Å². The van der Waals surface area contributed by atoms with E-state index in [1.807, 2.05) is 54.6 Å². The molecule has 5 rings (SSSR count). The van der Waals surface area contributed by atoms with Gasteiger partial charge in [-0.15, -0.1) is 0 Å². The molecule has 0 saturated heterocycles. The molecule has 0 aliphatic carbocycles. The van der Waals surface area contributed by atoms with E-state index in [0.29, 0.717) is 23.7 Å². The summed E-state index contributed by atoms with van der Waals surface area (Å²) in [4.78, 5) is 5.02. The maximum Gasteiger partial charge on any atom is 0.231 e. The summed E-state index contributed by atoms with van der Waals surface area (Å²) in [5.74, 6) is 2.99. The maximum absolute atomic E-state index is 10.5. The highest BCUT2D eigenvalue weighted by Crippen LogP contribution is 2.38. The van der Waals surface area contributed by atoms with Crippen molar-refractivity contribution in [2.24, 2.45) is 4.99 Å². The molecule has 2 N–H and O–H groups in total. The van der Waals surface area contributed by atoms with Gasteiger partial charge in [0.2, 0.25) is 6.79 Å². The first-order valence-corrected chi connectivity index (χ1v) is 10.4. The molecule has 2 aliphatic heterocycles. The fourth-order valence-corrected chi connectivity index (χ4v) is 4.13. The van der Waals surface area contributed by atoms with Crippen LogP contribution in [0.25, 0.3) is 0 Å². The molecule has 7 heteroatoms. The molecule has 7 nitrogen and oxygen atoms in total. The zero-order valence-corrected chi connectivity index (χ0v) is 17.9. The number of hydrogen-bond donors (Lipinski definition) is 2. The summed E-state index contributed by atoms with van der Waals surface area (Å²) in [6.07, 6.45) is 0.273. The molecule has 3 aromatic carbocycles. The van der Waals surface area contributed by atoms with E-state index in [0.717, 1.165) is 28.2 Å². The Morgan fingerprint density at radius 1 is 0.938 bits per heavy atom. The quantitative estimate of drug-likeness (QED) is 0.624. The molecule has 0 unspecified atom stereocenters. The Labute approximate surface area is 186 Å². The fraction of sp³-hybridized carbons (Fsp3) is 0.240. The van der Waals surface area contributed by atoms with Crippen LogP contribution in [0, 0.1) is 0 Å². The summed E-state index contributed by atoms with van der Waals surface area (Å²) in [6, 6.07) is 18.9. The number of benzene rings is 3. The van der Waals surface area contributed by atoms with E-state index in [4.69, 9.17) is 23.9 Å². The van der Waals surface area contributed by atoms with Crippen LogP contribution < -0.4 is 24.3 Å². The van der Waals surface area contributed by atoms with Crippen LogP contribution in [0.3, 0.4) is 0 Å². The van der Waals surface area contributed by atoms with Crippen LogP contribution in [0.15, 0.2) is 65.7 Å². The fourth-order valence-electron chi connectivity index (χ4n) is 4.13. The SMILES string of the molecule is COc1ccc([C@H]2N=C(c3ccc4c(c3)OCO4)C[C@H](c3ccccc3O)N2)cc1OC. The van der Waals surface area contributed by atoms with Crippen LogP contribution in [0.1, 0.15) is 35.3 Å². The molecule has 0 spiro atoms. The minimum atomic E-state index is -0.339. The van der Waals surface area contributed by atoms with Gasteiger partial charge >= 0.3 is 0 Å². The minimum absolute atomic E-state index is 0.132. The van der Waals surface area contributed by atoms with Gasteiger partial charge < -0.3 is 24.1 Å². The Hall–Kier alpha value is -3.71. The molecule has 32 heavy (non-hydrogen) atoms. The number of phenolic OH excluding ortho intramolecular Hbond substituents is 1. The van der Waals surface area contributed by atoms with Crippen molar-refractivity contribution < 1.29 is 24.1 Å². The third-order valence-electron chi connectivity index (χ3n) is 5.78. The van der Waals surface area contributed by atoms with Gasteiger partial charge in [0.1, 0.15) is 11.9 Å². The highest BCUT2D eigenvalue weighted by Gasteiger charge is 2.29. The Kier molecular flexibility index (Phi) is 5.33. The van der Waals surface area contributed by atoms with Gasteiger partial charge in [0.05, 0.1) is 14.2 Å². The van der Waals surface area contributed by atoms with Gasteiger partial charge in [-0.2, -0.15) is 0 Å². The van der Waals surface area contributed by atoms with Crippen molar-refractivity contribution in [3.05, 3.63) is 77.4 Å².